The van der Waals surface area contributed by atoms with Gasteiger partial charge in [0.25, 0.3) is 0 Å². The zero-order valence-electron chi connectivity index (χ0n) is 14.5. The minimum absolute atomic E-state index is 0.109. The van der Waals surface area contributed by atoms with Crippen LogP contribution in [0.5, 0.6) is 0 Å². The van der Waals surface area contributed by atoms with Crippen molar-refractivity contribution in [3.05, 3.63) is 45.7 Å². The van der Waals surface area contributed by atoms with Crippen molar-refractivity contribution in [2.45, 2.75) is 46.0 Å². The second-order valence-electron chi connectivity index (χ2n) is 6.35. The average molecular weight is 343 g/mol. The fraction of sp³-hybridized carbons (Fsp3) is 0.474. The molecule has 1 aliphatic heterocycles. The predicted octanol–water partition coefficient (Wildman–Crippen LogP) is 4.31. The zero-order valence-corrected chi connectivity index (χ0v) is 15.3. The van der Waals surface area contributed by atoms with E-state index in [0.29, 0.717) is 0 Å². The number of hydrogen-bond donors (Lipinski definition) is 0. The second-order valence-corrected chi connectivity index (χ2v) is 7.57. The number of likely N-dealkylation sites (tertiary alicyclic amines) is 1. The van der Waals surface area contributed by atoms with E-state index >= 15 is 0 Å². The molecule has 1 fully saturated rings. The summed E-state index contributed by atoms with van der Waals surface area (Å²) >= 11 is 1.56. The molecular formula is C19H25N3OS. The monoisotopic (exact) mass is 343 g/mol. The Morgan fingerprint density at radius 2 is 1.92 bits per heavy atom. The third kappa shape index (κ3) is 3.96. The molecule has 128 valence electrons. The summed E-state index contributed by atoms with van der Waals surface area (Å²) in [6.45, 7) is 5.93. The number of unbranched alkanes of at least 4 members (excludes halogenated alkanes) is 1. The number of aryl methyl sites for hydroxylation is 2. The molecule has 4 nitrogen and oxygen atoms in total. The first-order valence-electron chi connectivity index (χ1n) is 8.79. The highest BCUT2D eigenvalue weighted by Gasteiger charge is 2.17. The summed E-state index contributed by atoms with van der Waals surface area (Å²) in [6.07, 6.45) is 7.78. The number of nitrogens with zero attached hydrogens (tertiary/aromatic N) is 3. The average Bonchev–Trinajstić information content (AvgIpc) is 3.23. The number of carbonyl (C=O) groups excluding carboxylic acids is 1. The number of urea groups is 1. The topological polar surface area (TPSA) is 37.6 Å². The van der Waals surface area contributed by atoms with Crippen LogP contribution < -0.4 is 4.80 Å². The summed E-state index contributed by atoms with van der Waals surface area (Å²) in [5.41, 5.74) is 2.42. The van der Waals surface area contributed by atoms with Gasteiger partial charge in [-0.05, 0) is 50.3 Å². The Kier molecular flexibility index (Phi) is 5.51. The Morgan fingerprint density at radius 1 is 1.21 bits per heavy atom. The Morgan fingerprint density at radius 3 is 2.58 bits per heavy atom. The summed E-state index contributed by atoms with van der Waals surface area (Å²) in [4.78, 5) is 20.5. The molecule has 0 atom stereocenters. The van der Waals surface area contributed by atoms with Crippen LogP contribution >= 0.6 is 11.3 Å². The van der Waals surface area contributed by atoms with Gasteiger partial charge in [0, 0.05) is 29.9 Å². The van der Waals surface area contributed by atoms with Gasteiger partial charge in [0.1, 0.15) is 0 Å². The summed E-state index contributed by atoms with van der Waals surface area (Å²) in [5, 5.41) is 0. The zero-order chi connectivity index (χ0) is 16.9. The van der Waals surface area contributed by atoms with Crippen molar-refractivity contribution in [3.8, 4) is 5.69 Å². The van der Waals surface area contributed by atoms with E-state index in [1.807, 2.05) is 9.47 Å². The van der Waals surface area contributed by atoms with E-state index in [1.54, 1.807) is 11.3 Å². The van der Waals surface area contributed by atoms with Gasteiger partial charge in [-0.3, -0.25) is 4.57 Å². The van der Waals surface area contributed by atoms with E-state index in [0.717, 1.165) is 47.7 Å². The number of carbonyl (C=O) groups is 1. The van der Waals surface area contributed by atoms with Crippen LogP contribution in [0.25, 0.3) is 5.69 Å². The Hall–Kier alpha value is -1.88. The second kappa shape index (κ2) is 7.79. The van der Waals surface area contributed by atoms with E-state index in [9.17, 15) is 4.79 Å². The Labute approximate surface area is 147 Å². The van der Waals surface area contributed by atoms with E-state index in [1.165, 1.54) is 18.4 Å². The molecule has 0 unspecified atom stereocenters. The van der Waals surface area contributed by atoms with Crippen LogP contribution in [0.2, 0.25) is 0 Å². The van der Waals surface area contributed by atoms with Gasteiger partial charge in [0.2, 0.25) is 0 Å². The fourth-order valence-electron chi connectivity index (χ4n) is 2.98. The number of rotatable bonds is 4. The lowest BCUT2D eigenvalue weighted by molar-refractivity contribution is 0.218. The largest absolute Gasteiger partial charge is 0.346 e. The van der Waals surface area contributed by atoms with Gasteiger partial charge in [-0.1, -0.05) is 25.5 Å². The Bertz CT molecular complexity index is 752. The molecule has 1 aromatic carbocycles. The first-order valence-corrected chi connectivity index (χ1v) is 9.61. The molecule has 0 spiro atoms. The van der Waals surface area contributed by atoms with Crippen molar-refractivity contribution in [2.75, 3.05) is 13.1 Å². The van der Waals surface area contributed by atoms with Gasteiger partial charge in [-0.25, -0.2) is 4.79 Å². The molecule has 3 rings (SSSR count). The maximum atomic E-state index is 12.3. The maximum Gasteiger partial charge on any atom is 0.346 e. The normalized spacial score (nSPS) is 15.2. The van der Waals surface area contributed by atoms with Crippen LogP contribution in [0.15, 0.2) is 35.5 Å². The fourth-order valence-corrected chi connectivity index (χ4v) is 3.81. The number of thiazole rings is 1. The van der Waals surface area contributed by atoms with Gasteiger partial charge in [-0.2, -0.15) is 4.99 Å². The van der Waals surface area contributed by atoms with Crippen LogP contribution in [-0.2, 0) is 6.42 Å². The lowest BCUT2D eigenvalue weighted by Crippen LogP contribution is -2.27. The molecule has 0 N–H and O–H groups in total. The van der Waals surface area contributed by atoms with Gasteiger partial charge in [-0.15, -0.1) is 11.3 Å². The van der Waals surface area contributed by atoms with Crippen molar-refractivity contribution in [1.82, 2.24) is 9.47 Å². The van der Waals surface area contributed by atoms with Crippen molar-refractivity contribution in [1.29, 1.82) is 0 Å². The summed E-state index contributed by atoms with van der Waals surface area (Å²) < 4.78 is 2.03. The quantitative estimate of drug-likeness (QED) is 0.815. The maximum absolute atomic E-state index is 12.3. The van der Waals surface area contributed by atoms with Gasteiger partial charge >= 0.3 is 6.03 Å². The minimum atomic E-state index is -0.109. The van der Waals surface area contributed by atoms with Crippen molar-refractivity contribution in [2.24, 2.45) is 4.99 Å². The van der Waals surface area contributed by atoms with Crippen molar-refractivity contribution < 1.29 is 4.79 Å². The molecular weight excluding hydrogens is 318 g/mol. The smallest absolute Gasteiger partial charge is 0.323 e. The van der Waals surface area contributed by atoms with Crippen LogP contribution in [0.3, 0.4) is 0 Å². The van der Waals surface area contributed by atoms with Gasteiger partial charge < -0.3 is 4.90 Å². The van der Waals surface area contributed by atoms with Crippen LogP contribution in [0.1, 0.15) is 43.0 Å². The van der Waals surface area contributed by atoms with E-state index < -0.39 is 0 Å². The van der Waals surface area contributed by atoms with Crippen LogP contribution in [-0.4, -0.2) is 28.6 Å². The molecule has 1 aromatic heterocycles. The SMILES string of the molecule is CCCCc1ccc(-n2cc(C)sc2=NC(=O)N2CCCC2)cc1. The third-order valence-corrected chi connectivity index (χ3v) is 5.27. The van der Waals surface area contributed by atoms with E-state index in [-0.39, 0.29) is 6.03 Å². The predicted molar refractivity (Wildman–Crippen MR) is 98.8 cm³/mol. The lowest BCUT2D eigenvalue weighted by Gasteiger charge is -2.10. The molecule has 2 heterocycles. The molecule has 5 heteroatoms. The lowest BCUT2D eigenvalue weighted by atomic mass is 10.1. The van der Waals surface area contributed by atoms with E-state index in [4.69, 9.17) is 0 Å². The summed E-state index contributed by atoms with van der Waals surface area (Å²) in [5.74, 6) is 0. The van der Waals surface area contributed by atoms with Crippen molar-refractivity contribution in [3.63, 3.8) is 0 Å². The summed E-state index contributed by atoms with van der Waals surface area (Å²) in [6, 6.07) is 8.49. The molecule has 1 saturated heterocycles. The first-order chi connectivity index (χ1) is 11.7. The minimum Gasteiger partial charge on any atom is -0.323 e. The Balaban J connectivity index is 1.87. The number of hydrogen-bond acceptors (Lipinski definition) is 2. The molecule has 24 heavy (non-hydrogen) atoms. The third-order valence-electron chi connectivity index (χ3n) is 4.37. The van der Waals surface area contributed by atoms with Crippen molar-refractivity contribution >= 4 is 17.4 Å². The van der Waals surface area contributed by atoms with Gasteiger partial charge in [0.05, 0.1) is 0 Å². The molecule has 0 bridgehead atoms. The molecule has 1 aliphatic rings. The summed E-state index contributed by atoms with van der Waals surface area (Å²) in [7, 11) is 0. The molecule has 0 saturated carbocycles. The van der Waals surface area contributed by atoms with E-state index in [2.05, 4.69) is 49.3 Å². The molecule has 2 amide bonds. The van der Waals surface area contributed by atoms with Crippen LogP contribution in [0, 0.1) is 6.92 Å². The van der Waals surface area contributed by atoms with Gasteiger partial charge in [0.15, 0.2) is 4.80 Å². The number of benzene rings is 1. The first kappa shape index (κ1) is 17.0. The van der Waals surface area contributed by atoms with Crippen LogP contribution in [0.4, 0.5) is 4.79 Å². The molecule has 2 aromatic rings. The highest BCUT2D eigenvalue weighted by Crippen LogP contribution is 2.14. The molecule has 0 radical (unpaired) electrons. The highest BCUT2D eigenvalue weighted by molar-refractivity contribution is 7.09. The molecule has 0 aliphatic carbocycles. The highest BCUT2D eigenvalue weighted by atomic mass is 32.1. The number of amides is 2. The number of aromatic nitrogens is 1. The standard InChI is InChI=1S/C19H25N3OS/c1-3-4-7-16-8-10-17(11-9-16)22-14-15(2)24-19(22)20-18(23)21-12-5-6-13-21/h8-11,14H,3-7,12-13H2,1-2H3.